The molecule has 1 heterocycles. The van der Waals surface area contributed by atoms with Crippen LogP contribution in [-0.2, 0) is 0 Å². The summed E-state index contributed by atoms with van der Waals surface area (Å²) in [5.41, 5.74) is 0. The summed E-state index contributed by atoms with van der Waals surface area (Å²) in [7, 11) is 0. The Morgan fingerprint density at radius 3 is 2.56 bits per heavy atom. The van der Waals surface area contributed by atoms with E-state index in [2.05, 4.69) is 30.5 Å². The van der Waals surface area contributed by atoms with Crippen LogP contribution in [0, 0.1) is 11.3 Å². The zero-order chi connectivity index (χ0) is 11.5. The summed E-state index contributed by atoms with van der Waals surface area (Å²) in [5, 5.41) is 9.09. The number of hydrogen-bond acceptors (Lipinski definition) is 2. The second-order valence-corrected chi connectivity index (χ2v) is 6.72. The van der Waals surface area contributed by atoms with Gasteiger partial charge in [0, 0.05) is 29.5 Å². The molecule has 2 unspecified atom stereocenters. The Morgan fingerprint density at radius 2 is 1.88 bits per heavy atom. The summed E-state index contributed by atoms with van der Waals surface area (Å²) >= 11 is 2.06. The highest BCUT2D eigenvalue weighted by molar-refractivity contribution is 8.00. The van der Waals surface area contributed by atoms with E-state index in [1.165, 1.54) is 37.9 Å². The van der Waals surface area contributed by atoms with Crippen molar-refractivity contribution in [3.8, 4) is 0 Å². The second kappa shape index (κ2) is 5.44. The highest BCUT2D eigenvalue weighted by atomic mass is 32.2. The topological polar surface area (TPSA) is 27.1 Å². The molecule has 1 saturated carbocycles. The van der Waals surface area contributed by atoms with Crippen LogP contribution in [0.15, 0.2) is 0 Å². The lowest BCUT2D eigenvalue weighted by Crippen LogP contribution is -2.50. The van der Waals surface area contributed by atoms with Gasteiger partial charge in [-0.25, -0.2) is 0 Å². The number of nitrogens with zero attached hydrogens (tertiary/aromatic N) is 1. The summed E-state index contributed by atoms with van der Waals surface area (Å²) < 4.78 is 0. The summed E-state index contributed by atoms with van der Waals surface area (Å²) in [5.74, 6) is 2.70. The van der Waals surface area contributed by atoms with Crippen LogP contribution in [0.25, 0.3) is 0 Å². The van der Waals surface area contributed by atoms with E-state index in [1.807, 2.05) is 0 Å². The lowest BCUT2D eigenvalue weighted by atomic mass is 9.87. The fourth-order valence-electron chi connectivity index (χ4n) is 2.88. The number of nitrogens with one attached hydrogen (secondary N) is 1. The van der Waals surface area contributed by atoms with Crippen molar-refractivity contribution in [2.45, 2.75) is 57.2 Å². The first-order valence-electron chi connectivity index (χ1n) is 6.67. The van der Waals surface area contributed by atoms with Gasteiger partial charge in [-0.05, 0) is 19.8 Å². The normalized spacial score (nSPS) is 32.8. The van der Waals surface area contributed by atoms with Crippen molar-refractivity contribution in [1.82, 2.24) is 4.90 Å². The largest absolute Gasteiger partial charge is 0.356 e. The van der Waals surface area contributed by atoms with Crippen molar-refractivity contribution in [2.24, 2.45) is 5.92 Å². The van der Waals surface area contributed by atoms with Gasteiger partial charge in [0.2, 0.25) is 0 Å². The van der Waals surface area contributed by atoms with Crippen molar-refractivity contribution in [3.05, 3.63) is 0 Å². The van der Waals surface area contributed by atoms with Gasteiger partial charge in [-0.2, -0.15) is 11.8 Å². The third kappa shape index (κ3) is 2.55. The molecule has 2 fully saturated rings. The van der Waals surface area contributed by atoms with E-state index in [4.69, 9.17) is 5.41 Å². The van der Waals surface area contributed by atoms with Gasteiger partial charge in [0.25, 0.3) is 0 Å². The Kier molecular flexibility index (Phi) is 4.17. The van der Waals surface area contributed by atoms with E-state index in [9.17, 15) is 0 Å². The molecule has 3 heteroatoms. The van der Waals surface area contributed by atoms with E-state index in [-0.39, 0.29) is 0 Å². The zero-order valence-corrected chi connectivity index (χ0v) is 11.4. The van der Waals surface area contributed by atoms with Crippen LogP contribution in [0.1, 0.15) is 46.0 Å². The Morgan fingerprint density at radius 1 is 1.19 bits per heavy atom. The average Bonchev–Trinajstić information content (AvgIpc) is 2.33. The van der Waals surface area contributed by atoms with Gasteiger partial charge in [-0.1, -0.05) is 26.2 Å². The number of rotatable bonds is 1. The first-order chi connectivity index (χ1) is 7.70. The molecular formula is C13H24N2S. The fourth-order valence-corrected chi connectivity index (χ4v) is 3.98. The predicted molar refractivity (Wildman–Crippen MR) is 72.4 cm³/mol. The van der Waals surface area contributed by atoms with Crippen molar-refractivity contribution in [1.29, 1.82) is 5.41 Å². The standard InChI is InChI=1S/C13H24N2S/c1-10-11(2)16-9-8-15(10)13(14)12-6-4-3-5-7-12/h10-12,14H,3-9H2,1-2H3. The van der Waals surface area contributed by atoms with Crippen LogP contribution >= 0.6 is 11.8 Å². The molecule has 2 nitrogen and oxygen atoms in total. The average molecular weight is 240 g/mol. The van der Waals surface area contributed by atoms with Crippen molar-refractivity contribution >= 4 is 17.6 Å². The fraction of sp³-hybridized carbons (Fsp3) is 0.923. The van der Waals surface area contributed by atoms with Crippen LogP contribution in [-0.4, -0.2) is 34.3 Å². The molecule has 0 spiro atoms. The molecule has 92 valence electrons. The molecule has 1 saturated heterocycles. The molecular weight excluding hydrogens is 216 g/mol. The summed E-state index contributed by atoms with van der Waals surface area (Å²) in [6.45, 7) is 5.68. The Balaban J connectivity index is 1.96. The van der Waals surface area contributed by atoms with E-state index in [1.54, 1.807) is 0 Å². The molecule has 2 rings (SSSR count). The van der Waals surface area contributed by atoms with Gasteiger partial charge >= 0.3 is 0 Å². The van der Waals surface area contributed by atoms with Gasteiger partial charge in [0.05, 0.1) is 5.84 Å². The summed E-state index contributed by atoms with van der Waals surface area (Å²) in [6, 6.07) is 0.549. The zero-order valence-electron chi connectivity index (χ0n) is 10.5. The van der Waals surface area contributed by atoms with Crippen LogP contribution in [0.5, 0.6) is 0 Å². The van der Waals surface area contributed by atoms with Crippen LogP contribution in [0.4, 0.5) is 0 Å². The molecule has 0 aromatic rings. The van der Waals surface area contributed by atoms with Gasteiger partial charge in [0.15, 0.2) is 0 Å². The van der Waals surface area contributed by atoms with Crippen molar-refractivity contribution in [3.63, 3.8) is 0 Å². The molecule has 0 bridgehead atoms. The monoisotopic (exact) mass is 240 g/mol. The first-order valence-corrected chi connectivity index (χ1v) is 7.71. The maximum Gasteiger partial charge on any atom is 0.0992 e. The van der Waals surface area contributed by atoms with Gasteiger partial charge < -0.3 is 4.90 Å². The minimum absolute atomic E-state index is 0.549. The number of thioether (sulfide) groups is 1. The third-order valence-electron chi connectivity index (χ3n) is 4.19. The van der Waals surface area contributed by atoms with Crippen LogP contribution in [0.3, 0.4) is 0 Å². The number of hydrogen-bond donors (Lipinski definition) is 1. The molecule has 1 aliphatic carbocycles. The molecule has 1 N–H and O–H groups in total. The minimum Gasteiger partial charge on any atom is -0.356 e. The lowest BCUT2D eigenvalue weighted by Gasteiger charge is -2.42. The minimum atomic E-state index is 0.549. The summed E-state index contributed by atoms with van der Waals surface area (Å²) in [6.07, 6.45) is 6.55. The van der Waals surface area contributed by atoms with Gasteiger partial charge in [-0.3, -0.25) is 5.41 Å². The SMILES string of the molecule is CC1SCCN(C(=N)C2CCCCC2)C1C. The maximum atomic E-state index is 8.41. The van der Waals surface area contributed by atoms with Gasteiger partial charge in [0.1, 0.15) is 0 Å². The van der Waals surface area contributed by atoms with Gasteiger partial charge in [-0.15, -0.1) is 0 Å². The summed E-state index contributed by atoms with van der Waals surface area (Å²) in [4.78, 5) is 2.37. The quantitative estimate of drug-likeness (QED) is 0.562. The Labute approximate surface area is 104 Å². The molecule has 2 aliphatic rings. The highest BCUT2D eigenvalue weighted by Crippen LogP contribution is 2.30. The molecule has 0 aromatic carbocycles. The molecule has 0 radical (unpaired) electrons. The van der Waals surface area contributed by atoms with E-state index in [0.717, 1.165) is 12.4 Å². The Bertz CT molecular complexity index is 248. The maximum absolute atomic E-state index is 8.41. The molecule has 16 heavy (non-hydrogen) atoms. The predicted octanol–water partition coefficient (Wildman–Crippen LogP) is 3.37. The molecule has 1 aliphatic heterocycles. The van der Waals surface area contributed by atoms with Crippen LogP contribution < -0.4 is 0 Å². The third-order valence-corrected chi connectivity index (χ3v) is 5.52. The number of amidine groups is 1. The highest BCUT2D eigenvalue weighted by Gasteiger charge is 2.30. The van der Waals surface area contributed by atoms with E-state index >= 15 is 0 Å². The smallest absolute Gasteiger partial charge is 0.0992 e. The van der Waals surface area contributed by atoms with E-state index in [0.29, 0.717) is 17.2 Å². The lowest BCUT2D eigenvalue weighted by molar-refractivity contribution is 0.297. The van der Waals surface area contributed by atoms with E-state index < -0.39 is 0 Å². The van der Waals surface area contributed by atoms with Crippen LogP contribution in [0.2, 0.25) is 0 Å². The second-order valence-electron chi connectivity index (χ2n) is 5.23. The molecule has 2 atom stereocenters. The van der Waals surface area contributed by atoms with Crippen molar-refractivity contribution in [2.75, 3.05) is 12.3 Å². The molecule has 0 amide bonds. The van der Waals surface area contributed by atoms with Crippen molar-refractivity contribution < 1.29 is 0 Å². The Hall–Kier alpha value is -0.180. The first kappa shape index (κ1) is 12.3. The molecule has 0 aromatic heterocycles.